The highest BCUT2D eigenvalue weighted by Crippen LogP contribution is 2.46. The van der Waals surface area contributed by atoms with Gasteiger partial charge in [0.15, 0.2) is 0 Å². The van der Waals surface area contributed by atoms with Crippen LogP contribution in [0.4, 0.5) is 0 Å². The highest BCUT2D eigenvalue weighted by Gasteiger charge is 2.53. The lowest BCUT2D eigenvalue weighted by Crippen LogP contribution is -2.36. The van der Waals surface area contributed by atoms with E-state index in [9.17, 15) is 28.8 Å². The topological polar surface area (TPSA) is 217 Å². The number of hydrogen-bond donors (Lipinski definition) is 2. The van der Waals surface area contributed by atoms with Gasteiger partial charge in [-0.2, -0.15) is 0 Å². The molecular formula is C90H196O16. The molecule has 0 aromatic heterocycles. The predicted octanol–water partition coefficient (Wildman–Crippen LogP) is 26.9. The van der Waals surface area contributed by atoms with Crippen LogP contribution in [0.15, 0.2) is 0 Å². The van der Waals surface area contributed by atoms with Crippen molar-refractivity contribution in [1.29, 1.82) is 0 Å². The normalized spacial score (nSPS) is 30.7. The monoisotopic (exact) mass is 1530 g/mol. The Balaban J connectivity index is -0.0000000779. The van der Waals surface area contributed by atoms with Gasteiger partial charge in [-0.25, -0.2) is 0 Å². The van der Waals surface area contributed by atoms with Crippen LogP contribution in [0.1, 0.15) is 410 Å². The Morgan fingerprint density at radius 1 is 0.340 bits per heavy atom. The van der Waals surface area contributed by atoms with Crippen molar-refractivity contribution in [1.82, 2.24) is 0 Å². The first kappa shape index (κ1) is 135. The summed E-state index contributed by atoms with van der Waals surface area (Å²) < 4.78 is 45.2. The predicted molar refractivity (Wildman–Crippen MR) is 461 cm³/mol. The van der Waals surface area contributed by atoms with E-state index in [1.165, 1.54) is 38.5 Å². The van der Waals surface area contributed by atoms with Gasteiger partial charge in [-0.15, -0.1) is 0 Å². The van der Waals surface area contributed by atoms with Gasteiger partial charge in [0, 0.05) is 11.8 Å². The van der Waals surface area contributed by atoms with Gasteiger partial charge < -0.3 is 48.1 Å². The molecule has 0 amide bonds. The van der Waals surface area contributed by atoms with Crippen molar-refractivity contribution >= 4 is 35.8 Å². The minimum Gasteiger partial charge on any atom is -0.481 e. The van der Waals surface area contributed by atoms with E-state index in [1.54, 1.807) is 0 Å². The van der Waals surface area contributed by atoms with Crippen molar-refractivity contribution in [2.45, 2.75) is 470 Å². The summed E-state index contributed by atoms with van der Waals surface area (Å²) in [6.07, 6.45) is 29.8. The lowest BCUT2D eigenvalue weighted by atomic mass is 9.88. The third-order valence-electron chi connectivity index (χ3n) is 22.7. The van der Waals surface area contributed by atoms with Crippen LogP contribution in [-0.4, -0.2) is 119 Å². The number of carbonyl (C=O) groups excluding carboxylic acids is 4. The molecule has 16 heteroatoms. The number of carboxylic acids is 2. The molecule has 16 nitrogen and oxygen atoms in total. The Labute approximate surface area is 664 Å². The van der Waals surface area contributed by atoms with Gasteiger partial charge in [-0.3, -0.25) is 28.8 Å². The Kier molecular flexibility index (Phi) is 84.4. The molecule has 4 aliphatic carbocycles. The fraction of sp³-hybridized carbons (Fsp3) is 0.933. The lowest BCUT2D eigenvalue weighted by Gasteiger charge is -2.30. The Morgan fingerprint density at radius 2 is 0.632 bits per heavy atom. The molecule has 2 N–H and O–H groups in total. The highest BCUT2D eigenvalue weighted by molar-refractivity contribution is 5.77. The zero-order valence-corrected chi connectivity index (χ0v) is 57.4. The Bertz CT molecular complexity index is 1980. The molecule has 10 fully saturated rings. The van der Waals surface area contributed by atoms with Crippen LogP contribution in [-0.2, 0) is 66.7 Å². The number of carboxylic acid groups (broad SMARTS) is 2. The zero-order valence-electron chi connectivity index (χ0n) is 57.4. The van der Waals surface area contributed by atoms with E-state index in [2.05, 4.69) is 83.1 Å². The van der Waals surface area contributed by atoms with E-state index in [1.807, 2.05) is 13.8 Å². The van der Waals surface area contributed by atoms with Gasteiger partial charge in [0.1, 0.15) is 11.2 Å². The molecule has 4 saturated carbocycles. The summed E-state index contributed by atoms with van der Waals surface area (Å²) in [4.78, 5) is 69.4. The minimum atomic E-state index is -0.710. The number of rotatable bonds is 20. The van der Waals surface area contributed by atoms with Crippen molar-refractivity contribution in [3.63, 3.8) is 0 Å². The Morgan fingerprint density at radius 3 is 0.896 bits per heavy atom. The number of carbonyl (C=O) groups is 6. The molecule has 106 heavy (non-hydrogen) atoms. The fourth-order valence-electron chi connectivity index (χ4n) is 16.7. The van der Waals surface area contributed by atoms with Gasteiger partial charge in [0.05, 0.1) is 97.6 Å². The van der Waals surface area contributed by atoms with Gasteiger partial charge in [-0.1, -0.05) is 256 Å². The van der Waals surface area contributed by atoms with Crippen molar-refractivity contribution in [2.75, 3.05) is 13.2 Å². The van der Waals surface area contributed by atoms with Crippen LogP contribution in [0.3, 0.4) is 0 Å². The van der Waals surface area contributed by atoms with Crippen LogP contribution in [0.5, 0.6) is 0 Å². The number of aliphatic carboxylic acids is 2. The van der Waals surface area contributed by atoms with Gasteiger partial charge in [0.25, 0.3) is 0 Å². The van der Waals surface area contributed by atoms with E-state index in [0.717, 1.165) is 141 Å². The summed E-state index contributed by atoms with van der Waals surface area (Å²) in [5, 5.41) is 17.8. The molecule has 0 radical (unpaired) electrons. The molecule has 10 rings (SSSR count). The second-order valence-electron chi connectivity index (χ2n) is 27.7. The maximum Gasteiger partial charge on any atom is 0.312 e. The maximum absolute atomic E-state index is 12.6. The standard InChI is InChI=1S/C17H30O2.C16H28O3.2C10H16O3.C10H18O2.C9H16O3.18CH4/c1-4-13-11-14(5-2)15(12-13)16(18)19-17(6-3)9-7-8-10-17;1-4-12-11-13(14(5-2)18-12)15(17)19-16(6-3)9-7-8-10-16;2*1-3-7-6-5-12-10(11)9(6)8(4-2)13-7;1-3-7-5-8(4-2)9(6-7)10(11)12;1-3-6-5-7(9(10)11)8(4-2)12-6;;;;;;;;;;;;;;;;;;/h13-15H,4-12H2,1-3H3;12-14H,4-11H2,1-3H3;2*6-9H,3-5H2,1-2H3;7-9H,3-6H2,1-2H3,(H,11,12);6-8H,3-5H2,1-2H3,(H,10,11);18*1H4. The molecule has 0 aromatic carbocycles. The molecule has 10 aliphatic rings. The van der Waals surface area contributed by atoms with E-state index in [4.69, 9.17) is 48.1 Å². The Hall–Kier alpha value is -3.34. The summed E-state index contributed by atoms with van der Waals surface area (Å²) in [5.41, 5.74) is -0.278. The summed E-state index contributed by atoms with van der Waals surface area (Å²) in [6, 6.07) is 0. The van der Waals surface area contributed by atoms with Crippen LogP contribution >= 0.6 is 0 Å². The molecule has 0 aromatic rings. The number of ether oxygens (including phenoxy) is 8. The first-order chi connectivity index (χ1) is 42.2. The van der Waals surface area contributed by atoms with Crippen LogP contribution in [0.2, 0.25) is 0 Å². The van der Waals surface area contributed by atoms with Gasteiger partial charge in [-0.05, 0) is 178 Å². The average molecular weight is 1530 g/mol. The van der Waals surface area contributed by atoms with E-state index in [0.29, 0.717) is 49.2 Å². The largest absolute Gasteiger partial charge is 0.481 e. The summed E-state index contributed by atoms with van der Waals surface area (Å²) >= 11 is 0. The molecular weight excluding hydrogens is 1340 g/mol. The molecule has 6 saturated heterocycles. The molecule has 0 bridgehead atoms. The number of fused-ring (bicyclic) bond motifs is 2. The van der Waals surface area contributed by atoms with Gasteiger partial charge in [0.2, 0.25) is 0 Å². The van der Waals surface area contributed by atoms with Gasteiger partial charge >= 0.3 is 35.8 Å². The molecule has 0 spiro atoms. The third-order valence-corrected chi connectivity index (χ3v) is 22.7. The first-order valence-electron chi connectivity index (χ1n) is 36.1. The first-order valence-corrected chi connectivity index (χ1v) is 36.1. The third kappa shape index (κ3) is 35.1. The highest BCUT2D eigenvalue weighted by atomic mass is 16.6. The smallest absolute Gasteiger partial charge is 0.312 e. The number of cyclic esters (lactones) is 2. The molecule has 6 heterocycles. The molecule has 652 valence electrons. The van der Waals surface area contributed by atoms with Crippen LogP contribution in [0, 0.1) is 71.0 Å². The SMILES string of the molecule is C.C.C.C.C.C.C.C.C.C.C.C.C.C.C.C.C.C.CCC1CC(C(=O)O)C(CC)O1.CCC1CC(C(=O)OC2(CC)CCCC2)C(CC)O1.CCC1CC(CC)C(C(=O)O)C1.CCC1CC(CC)C(C(=O)OC2(CC)CCCC2)C1.CCC1OC(CC)C2C(=O)OCC12.CCC1OC(CC)C2C(=O)OCC12. The quantitative estimate of drug-likeness (QED) is 0.0856. The number of esters is 4. The lowest BCUT2D eigenvalue weighted by molar-refractivity contribution is -0.167. The van der Waals surface area contributed by atoms with E-state index >= 15 is 0 Å². The molecule has 20 unspecified atom stereocenters. The summed E-state index contributed by atoms with van der Waals surface area (Å²) in [5.74, 6) is 1.61. The van der Waals surface area contributed by atoms with Crippen molar-refractivity contribution in [3.05, 3.63) is 0 Å². The second-order valence-corrected chi connectivity index (χ2v) is 27.7. The minimum absolute atomic E-state index is 0. The van der Waals surface area contributed by atoms with E-state index in [-0.39, 0.29) is 253 Å². The summed E-state index contributed by atoms with van der Waals surface area (Å²) in [6.45, 7) is 30.7. The molecule has 20 atom stereocenters. The van der Waals surface area contributed by atoms with Crippen LogP contribution < -0.4 is 0 Å². The van der Waals surface area contributed by atoms with Crippen molar-refractivity contribution in [3.8, 4) is 0 Å². The maximum atomic E-state index is 12.6. The fourth-order valence-corrected chi connectivity index (χ4v) is 16.7. The second kappa shape index (κ2) is 66.3. The average Bonchev–Trinajstić information content (AvgIpc) is 1.64. The van der Waals surface area contributed by atoms with Crippen LogP contribution in [0.25, 0.3) is 0 Å². The van der Waals surface area contributed by atoms with E-state index < -0.39 is 11.9 Å². The van der Waals surface area contributed by atoms with Crippen molar-refractivity contribution < 1.29 is 76.9 Å². The van der Waals surface area contributed by atoms with Crippen molar-refractivity contribution in [2.24, 2.45) is 71.0 Å². The zero-order chi connectivity index (χ0) is 64.9. The summed E-state index contributed by atoms with van der Waals surface area (Å²) in [7, 11) is 0. The number of hydrogen-bond acceptors (Lipinski definition) is 14. The molecule has 6 aliphatic heterocycles.